The lowest BCUT2D eigenvalue weighted by Crippen LogP contribution is -1.84. The Morgan fingerprint density at radius 3 is 1.42 bits per heavy atom. The summed E-state index contributed by atoms with van der Waals surface area (Å²) in [7, 11) is 0. The highest BCUT2D eigenvalue weighted by molar-refractivity contribution is 7.07. The summed E-state index contributed by atoms with van der Waals surface area (Å²) in [6, 6.07) is 2.24. The van der Waals surface area contributed by atoms with Gasteiger partial charge in [-0.3, -0.25) is 0 Å². The fourth-order valence-electron chi connectivity index (χ4n) is 3.56. The number of thiophene rings is 1. The molecule has 0 radical (unpaired) electrons. The molecule has 1 rings (SSSR count). The van der Waals surface area contributed by atoms with E-state index in [1.165, 1.54) is 97.6 Å². The molecule has 0 N–H and O–H groups in total. The molecule has 0 aliphatic heterocycles. The predicted molar refractivity (Wildman–Crippen MR) is 144 cm³/mol. The van der Waals surface area contributed by atoms with Crippen LogP contribution < -0.4 is 0 Å². The van der Waals surface area contributed by atoms with Crippen molar-refractivity contribution in [3.05, 3.63) is 80.6 Å². The monoisotopic (exact) mass is 438 g/mol. The number of hydrogen-bond donors (Lipinski definition) is 0. The van der Waals surface area contributed by atoms with Crippen molar-refractivity contribution in [3.8, 4) is 0 Å². The van der Waals surface area contributed by atoms with Gasteiger partial charge in [-0.2, -0.15) is 11.3 Å². The van der Waals surface area contributed by atoms with Crippen LogP contribution in [0, 0.1) is 0 Å². The summed E-state index contributed by atoms with van der Waals surface area (Å²) in [5.74, 6) is 0. The highest BCUT2D eigenvalue weighted by atomic mass is 32.1. The van der Waals surface area contributed by atoms with Crippen LogP contribution in [0.5, 0.6) is 0 Å². The van der Waals surface area contributed by atoms with Crippen molar-refractivity contribution in [1.82, 2.24) is 0 Å². The summed E-state index contributed by atoms with van der Waals surface area (Å²) < 4.78 is 0. The summed E-state index contributed by atoms with van der Waals surface area (Å²) in [5.41, 5.74) is 9.01. The highest BCUT2D eigenvalue weighted by Crippen LogP contribution is 2.15. The van der Waals surface area contributed by atoms with Gasteiger partial charge in [-0.05, 0) is 128 Å². The molecule has 0 aliphatic rings. The molecule has 1 heterocycles. The Balaban J connectivity index is 2.19. The molecule has 172 valence electrons. The molecule has 0 aromatic carbocycles. The first-order valence-electron chi connectivity index (χ1n) is 12.1. The fourth-order valence-corrected chi connectivity index (χ4v) is 4.26. The Hall–Kier alpha value is -1.60. The SMILES string of the molecule is CC(C)=CCC/C(C)=C/CC/C(C)=C/CC/C(C)=C/CC/C(C)=C/CCc1ccsc1. The van der Waals surface area contributed by atoms with Gasteiger partial charge in [0.25, 0.3) is 0 Å². The standard InChI is InChI=1S/C30H46S/c1-25(2)12-7-13-26(3)14-8-15-27(4)16-9-17-28(5)18-10-19-29(6)20-11-21-30-22-23-31-24-30/h12,14,16,18,20,22-24H,7-11,13,15,17,19,21H2,1-6H3/b26-14+,27-16+,28-18+,29-20+. The Morgan fingerprint density at radius 2 is 1.03 bits per heavy atom. The Morgan fingerprint density at radius 1 is 0.613 bits per heavy atom. The molecule has 0 amide bonds. The molecule has 0 saturated heterocycles. The maximum Gasteiger partial charge on any atom is -0.00611 e. The van der Waals surface area contributed by atoms with Crippen molar-refractivity contribution in [1.29, 1.82) is 0 Å². The molecule has 1 aromatic rings. The molecule has 0 nitrogen and oxygen atoms in total. The lowest BCUT2D eigenvalue weighted by molar-refractivity contribution is 0.888. The second-order valence-corrected chi connectivity index (χ2v) is 10.1. The number of hydrogen-bond acceptors (Lipinski definition) is 1. The minimum Gasteiger partial charge on any atom is -0.152 e. The van der Waals surface area contributed by atoms with Crippen molar-refractivity contribution >= 4 is 11.3 Å². The summed E-state index contributed by atoms with van der Waals surface area (Å²) in [6.45, 7) is 13.5. The molecule has 0 spiro atoms. The van der Waals surface area contributed by atoms with Gasteiger partial charge in [0.15, 0.2) is 0 Å². The number of rotatable bonds is 15. The van der Waals surface area contributed by atoms with Gasteiger partial charge in [0.05, 0.1) is 0 Å². The first kappa shape index (κ1) is 27.4. The van der Waals surface area contributed by atoms with E-state index in [-0.39, 0.29) is 0 Å². The van der Waals surface area contributed by atoms with Gasteiger partial charge in [0.1, 0.15) is 0 Å². The first-order valence-corrected chi connectivity index (χ1v) is 13.1. The normalized spacial score (nSPS) is 13.6. The molecule has 0 bridgehead atoms. The lowest BCUT2D eigenvalue weighted by atomic mass is 10.0. The van der Waals surface area contributed by atoms with Crippen LogP contribution in [0.15, 0.2) is 75.1 Å². The molecule has 31 heavy (non-hydrogen) atoms. The van der Waals surface area contributed by atoms with Crippen molar-refractivity contribution in [2.75, 3.05) is 0 Å². The van der Waals surface area contributed by atoms with E-state index >= 15 is 0 Å². The van der Waals surface area contributed by atoms with Crippen molar-refractivity contribution in [2.45, 2.75) is 106 Å². The topological polar surface area (TPSA) is 0 Å². The maximum absolute atomic E-state index is 2.44. The van der Waals surface area contributed by atoms with E-state index in [4.69, 9.17) is 0 Å². The van der Waals surface area contributed by atoms with Gasteiger partial charge in [-0.25, -0.2) is 0 Å². The van der Waals surface area contributed by atoms with Crippen LogP contribution in [-0.2, 0) is 6.42 Å². The first-order chi connectivity index (χ1) is 14.9. The minimum absolute atomic E-state index is 1.17. The van der Waals surface area contributed by atoms with Crippen LogP contribution in [0.2, 0.25) is 0 Å². The van der Waals surface area contributed by atoms with Crippen molar-refractivity contribution in [3.63, 3.8) is 0 Å². The van der Waals surface area contributed by atoms with E-state index < -0.39 is 0 Å². The second-order valence-electron chi connectivity index (χ2n) is 9.31. The molecule has 0 fully saturated rings. The Labute approximate surface area is 197 Å². The summed E-state index contributed by atoms with van der Waals surface area (Å²) in [5, 5.41) is 4.43. The zero-order valence-electron chi connectivity index (χ0n) is 21.1. The van der Waals surface area contributed by atoms with E-state index in [1.807, 2.05) is 0 Å². The van der Waals surface area contributed by atoms with E-state index in [0.717, 1.165) is 0 Å². The van der Waals surface area contributed by atoms with Gasteiger partial charge in [0, 0.05) is 0 Å². The summed E-state index contributed by atoms with van der Waals surface area (Å²) in [4.78, 5) is 0. The number of allylic oxidation sites excluding steroid dienone is 10. The zero-order chi connectivity index (χ0) is 22.9. The molecular weight excluding hydrogens is 392 g/mol. The largest absolute Gasteiger partial charge is 0.152 e. The van der Waals surface area contributed by atoms with Gasteiger partial charge in [-0.1, -0.05) is 58.2 Å². The molecule has 1 aromatic heterocycles. The zero-order valence-corrected chi connectivity index (χ0v) is 21.9. The van der Waals surface area contributed by atoms with Crippen LogP contribution in [0.4, 0.5) is 0 Å². The third-order valence-corrected chi connectivity index (χ3v) is 6.42. The average molecular weight is 439 g/mol. The molecular formula is C30H46S. The summed E-state index contributed by atoms with van der Waals surface area (Å²) >= 11 is 1.79. The summed E-state index contributed by atoms with van der Waals surface area (Å²) in [6.07, 6.45) is 23.9. The number of aryl methyl sites for hydroxylation is 1. The molecule has 0 aliphatic carbocycles. The van der Waals surface area contributed by atoms with Crippen LogP contribution in [0.1, 0.15) is 105 Å². The van der Waals surface area contributed by atoms with Crippen LogP contribution in [0.3, 0.4) is 0 Å². The van der Waals surface area contributed by atoms with Crippen LogP contribution in [-0.4, -0.2) is 0 Å². The third-order valence-electron chi connectivity index (χ3n) is 5.69. The van der Waals surface area contributed by atoms with Gasteiger partial charge in [-0.15, -0.1) is 0 Å². The van der Waals surface area contributed by atoms with Gasteiger partial charge in [0.2, 0.25) is 0 Å². The van der Waals surface area contributed by atoms with Crippen molar-refractivity contribution in [2.24, 2.45) is 0 Å². The van der Waals surface area contributed by atoms with Crippen LogP contribution >= 0.6 is 11.3 Å². The second kappa shape index (κ2) is 17.0. The van der Waals surface area contributed by atoms with E-state index in [1.54, 1.807) is 11.3 Å². The highest BCUT2D eigenvalue weighted by Gasteiger charge is 1.95. The predicted octanol–water partition coefficient (Wildman–Crippen LogP) is 10.6. The van der Waals surface area contributed by atoms with E-state index in [9.17, 15) is 0 Å². The van der Waals surface area contributed by atoms with E-state index in [2.05, 4.69) is 88.7 Å². The molecule has 1 heteroatoms. The van der Waals surface area contributed by atoms with Crippen molar-refractivity contribution < 1.29 is 0 Å². The minimum atomic E-state index is 1.17. The quantitative estimate of drug-likeness (QED) is 0.239. The van der Waals surface area contributed by atoms with E-state index in [0.29, 0.717) is 0 Å². The fraction of sp³-hybridized carbons (Fsp3) is 0.533. The van der Waals surface area contributed by atoms with Gasteiger partial charge < -0.3 is 0 Å². The van der Waals surface area contributed by atoms with Gasteiger partial charge >= 0.3 is 0 Å². The molecule has 0 saturated carbocycles. The average Bonchev–Trinajstić information content (AvgIpc) is 3.21. The third kappa shape index (κ3) is 15.8. The lowest BCUT2D eigenvalue weighted by Gasteiger charge is -2.03. The van der Waals surface area contributed by atoms with Crippen LogP contribution in [0.25, 0.3) is 0 Å². The molecule has 0 atom stereocenters. The molecule has 0 unspecified atom stereocenters. The Bertz CT molecular complexity index is 746. The Kier molecular flexibility index (Phi) is 15.1. The maximum atomic E-state index is 2.44. The smallest absolute Gasteiger partial charge is 0.00611 e.